The monoisotopic (exact) mass is 403 g/mol. The molecule has 2 aliphatic rings. The molecule has 0 radical (unpaired) electrons. The van der Waals surface area contributed by atoms with Gasteiger partial charge < -0.3 is 19.0 Å². The van der Waals surface area contributed by atoms with Gasteiger partial charge in [0.1, 0.15) is 5.69 Å². The number of carbonyl (C=O) groups excluding carboxylic acids is 2. The maximum atomic E-state index is 12.9. The molecule has 2 fully saturated rings. The van der Waals surface area contributed by atoms with E-state index in [9.17, 15) is 9.59 Å². The van der Waals surface area contributed by atoms with Crippen LogP contribution in [0.5, 0.6) is 0 Å². The average molecular weight is 404 g/mol. The zero-order chi connectivity index (χ0) is 19.7. The lowest BCUT2D eigenvalue weighted by atomic mass is 9.94. The first kappa shape index (κ1) is 19.1. The van der Waals surface area contributed by atoms with Crippen LogP contribution in [0.25, 0.3) is 10.8 Å². The minimum absolute atomic E-state index is 0.0179. The normalized spacial score (nSPS) is 23.8. The highest BCUT2D eigenvalue weighted by Gasteiger charge is 2.34. The number of amides is 2. The fraction of sp³-hybridized carbons (Fsp3) is 0.550. The second-order valence-electron chi connectivity index (χ2n) is 7.58. The quantitative estimate of drug-likeness (QED) is 0.788. The molecule has 2 saturated heterocycles. The highest BCUT2D eigenvalue weighted by atomic mass is 32.1. The molecule has 4 rings (SSSR count). The van der Waals surface area contributed by atoms with Crippen LogP contribution >= 0.6 is 11.3 Å². The van der Waals surface area contributed by atoms with E-state index in [-0.39, 0.29) is 29.9 Å². The molecule has 2 amide bonds. The summed E-state index contributed by atoms with van der Waals surface area (Å²) in [6.07, 6.45) is 3.13. The van der Waals surface area contributed by atoms with E-state index in [0.717, 1.165) is 0 Å². The second-order valence-corrected chi connectivity index (χ2v) is 8.44. The Morgan fingerprint density at radius 2 is 1.86 bits per heavy atom. The number of carbonyl (C=O) groups is 2. The van der Waals surface area contributed by atoms with E-state index >= 15 is 0 Å². The molecular formula is C20H25N3O4S. The summed E-state index contributed by atoms with van der Waals surface area (Å²) >= 11 is 1.40. The predicted molar refractivity (Wildman–Crippen MR) is 105 cm³/mol. The van der Waals surface area contributed by atoms with E-state index in [0.29, 0.717) is 55.5 Å². The number of piperidine rings is 1. The number of thiazole rings is 1. The largest absolute Gasteiger partial charge is 0.462 e. The smallest absolute Gasteiger partial charge is 0.273 e. The average Bonchev–Trinajstić information content (AvgIpc) is 3.38. The van der Waals surface area contributed by atoms with E-state index in [1.165, 1.54) is 11.3 Å². The van der Waals surface area contributed by atoms with Gasteiger partial charge in [0, 0.05) is 37.5 Å². The van der Waals surface area contributed by atoms with Crippen molar-refractivity contribution < 1.29 is 18.7 Å². The fourth-order valence-corrected chi connectivity index (χ4v) is 4.75. The zero-order valence-corrected chi connectivity index (χ0v) is 17.0. The van der Waals surface area contributed by atoms with E-state index in [1.807, 2.05) is 24.8 Å². The molecule has 0 aliphatic carbocycles. The Balaban J connectivity index is 1.34. The molecule has 2 aromatic heterocycles. The van der Waals surface area contributed by atoms with Crippen LogP contribution in [-0.2, 0) is 9.53 Å². The minimum atomic E-state index is -0.0754. The van der Waals surface area contributed by atoms with Crippen LogP contribution in [-0.4, -0.2) is 65.0 Å². The summed E-state index contributed by atoms with van der Waals surface area (Å²) in [5.41, 5.74) is 0.442. The third kappa shape index (κ3) is 3.98. The SMILES string of the molecule is CC1CN(C(=O)C2CCN(C(=O)c3csc(-c4ccco4)n3)CC2)CC(C)O1. The van der Waals surface area contributed by atoms with Crippen molar-refractivity contribution in [2.75, 3.05) is 26.2 Å². The summed E-state index contributed by atoms with van der Waals surface area (Å²) in [5, 5.41) is 2.47. The molecule has 0 saturated carbocycles. The third-order valence-corrected chi connectivity index (χ3v) is 6.17. The van der Waals surface area contributed by atoms with Gasteiger partial charge >= 0.3 is 0 Å². The molecule has 4 heterocycles. The van der Waals surface area contributed by atoms with Crippen LogP contribution in [0.2, 0.25) is 0 Å². The first-order valence-electron chi connectivity index (χ1n) is 9.74. The zero-order valence-electron chi connectivity index (χ0n) is 16.2. The predicted octanol–water partition coefficient (Wildman–Crippen LogP) is 2.89. The maximum absolute atomic E-state index is 12.9. The Hall–Kier alpha value is -2.19. The molecule has 8 heteroatoms. The minimum Gasteiger partial charge on any atom is -0.462 e. The first-order chi connectivity index (χ1) is 13.5. The number of furan rings is 1. The summed E-state index contributed by atoms with van der Waals surface area (Å²) in [4.78, 5) is 33.8. The Morgan fingerprint density at radius 3 is 2.50 bits per heavy atom. The fourth-order valence-electron chi connectivity index (χ4n) is 3.99. The van der Waals surface area contributed by atoms with Crippen molar-refractivity contribution in [1.82, 2.24) is 14.8 Å². The molecule has 7 nitrogen and oxygen atoms in total. The summed E-state index contributed by atoms with van der Waals surface area (Å²) in [6, 6.07) is 3.63. The van der Waals surface area contributed by atoms with Gasteiger partial charge in [-0.3, -0.25) is 9.59 Å². The van der Waals surface area contributed by atoms with E-state index in [1.54, 1.807) is 22.6 Å². The van der Waals surface area contributed by atoms with Crippen molar-refractivity contribution in [3.63, 3.8) is 0 Å². The van der Waals surface area contributed by atoms with Gasteiger partial charge in [0.05, 0.1) is 18.5 Å². The molecule has 28 heavy (non-hydrogen) atoms. The Labute approximate surface area is 168 Å². The second kappa shape index (κ2) is 8.05. The van der Waals surface area contributed by atoms with Crippen molar-refractivity contribution in [1.29, 1.82) is 0 Å². The number of nitrogens with zero attached hydrogens (tertiary/aromatic N) is 3. The molecule has 2 atom stereocenters. The molecule has 0 spiro atoms. The van der Waals surface area contributed by atoms with Crippen molar-refractivity contribution >= 4 is 23.2 Å². The lowest BCUT2D eigenvalue weighted by molar-refractivity contribution is -0.148. The number of hydrogen-bond acceptors (Lipinski definition) is 6. The van der Waals surface area contributed by atoms with Gasteiger partial charge in [-0.15, -0.1) is 11.3 Å². The molecule has 2 aromatic rings. The van der Waals surface area contributed by atoms with Gasteiger partial charge in [-0.25, -0.2) is 4.98 Å². The lowest BCUT2D eigenvalue weighted by Crippen LogP contribution is -2.51. The van der Waals surface area contributed by atoms with Gasteiger partial charge in [0.2, 0.25) is 5.91 Å². The Bertz CT molecular complexity index is 816. The van der Waals surface area contributed by atoms with Crippen LogP contribution in [0, 0.1) is 5.92 Å². The van der Waals surface area contributed by atoms with Crippen molar-refractivity contribution in [2.24, 2.45) is 5.92 Å². The van der Waals surface area contributed by atoms with E-state index < -0.39 is 0 Å². The van der Waals surface area contributed by atoms with Gasteiger partial charge in [-0.1, -0.05) is 0 Å². The van der Waals surface area contributed by atoms with Crippen LogP contribution in [0.15, 0.2) is 28.2 Å². The Kier molecular flexibility index (Phi) is 5.50. The van der Waals surface area contributed by atoms with Gasteiger partial charge in [0.25, 0.3) is 5.91 Å². The highest BCUT2D eigenvalue weighted by Crippen LogP contribution is 2.26. The van der Waals surface area contributed by atoms with Gasteiger partial charge in [-0.2, -0.15) is 0 Å². The molecule has 0 bridgehead atoms. The van der Waals surface area contributed by atoms with Crippen molar-refractivity contribution in [3.8, 4) is 10.8 Å². The molecule has 2 unspecified atom stereocenters. The van der Waals surface area contributed by atoms with Gasteiger partial charge in [-0.05, 0) is 38.8 Å². The van der Waals surface area contributed by atoms with Crippen LogP contribution in [0.1, 0.15) is 37.2 Å². The topological polar surface area (TPSA) is 75.9 Å². The number of hydrogen-bond donors (Lipinski definition) is 0. The highest BCUT2D eigenvalue weighted by molar-refractivity contribution is 7.13. The number of aromatic nitrogens is 1. The van der Waals surface area contributed by atoms with Crippen LogP contribution < -0.4 is 0 Å². The standard InChI is InChI=1S/C20H25N3O4S/c1-13-10-23(11-14(2)27-13)19(24)15-5-7-22(8-6-15)20(25)16-12-28-18(21-16)17-4-3-9-26-17/h3-4,9,12-15H,5-8,10-11H2,1-2H3. The number of ether oxygens (including phenoxy) is 1. The molecular weight excluding hydrogens is 378 g/mol. The Morgan fingerprint density at radius 1 is 1.14 bits per heavy atom. The van der Waals surface area contributed by atoms with E-state index in [4.69, 9.17) is 9.15 Å². The maximum Gasteiger partial charge on any atom is 0.273 e. The van der Waals surface area contributed by atoms with Crippen molar-refractivity contribution in [3.05, 3.63) is 29.5 Å². The summed E-state index contributed by atoms with van der Waals surface area (Å²) < 4.78 is 11.1. The van der Waals surface area contributed by atoms with Crippen molar-refractivity contribution in [2.45, 2.75) is 38.9 Å². The number of morpholine rings is 1. The first-order valence-corrected chi connectivity index (χ1v) is 10.6. The summed E-state index contributed by atoms with van der Waals surface area (Å²) in [6.45, 7) is 6.47. The molecule has 0 N–H and O–H groups in total. The van der Waals surface area contributed by atoms with Crippen LogP contribution in [0.3, 0.4) is 0 Å². The van der Waals surface area contributed by atoms with Crippen LogP contribution in [0.4, 0.5) is 0 Å². The van der Waals surface area contributed by atoms with Gasteiger partial charge in [0.15, 0.2) is 10.8 Å². The third-order valence-electron chi connectivity index (χ3n) is 5.32. The van der Waals surface area contributed by atoms with E-state index in [2.05, 4.69) is 4.98 Å². The molecule has 0 aromatic carbocycles. The number of rotatable bonds is 3. The summed E-state index contributed by atoms with van der Waals surface area (Å²) in [5.74, 6) is 0.773. The summed E-state index contributed by atoms with van der Waals surface area (Å²) in [7, 11) is 0. The lowest BCUT2D eigenvalue weighted by Gasteiger charge is -2.39. The molecule has 2 aliphatic heterocycles. The molecule has 150 valence electrons. The number of likely N-dealkylation sites (tertiary alicyclic amines) is 1.